The van der Waals surface area contributed by atoms with Crippen molar-refractivity contribution >= 4 is 22.1 Å². The molecule has 146 valence electrons. The number of nitrogens with one attached hydrogen (secondary N) is 1. The summed E-state index contributed by atoms with van der Waals surface area (Å²) in [6, 6.07) is 22.9. The third kappa shape index (κ3) is 3.49. The summed E-state index contributed by atoms with van der Waals surface area (Å²) in [5, 5.41) is 6.59. The van der Waals surface area contributed by atoms with E-state index in [4.69, 9.17) is 0 Å². The Kier molecular flexibility index (Phi) is 4.94. The molecule has 5 rings (SSSR count). The van der Waals surface area contributed by atoms with E-state index in [0.717, 1.165) is 30.7 Å². The fraction of sp³-hybridized carbons (Fsp3) is 0.208. The van der Waals surface area contributed by atoms with Crippen molar-refractivity contribution in [1.29, 1.82) is 0 Å². The van der Waals surface area contributed by atoms with Crippen molar-refractivity contribution in [3.8, 4) is 11.1 Å². The molecule has 29 heavy (non-hydrogen) atoms. The highest BCUT2D eigenvalue weighted by Crippen LogP contribution is 2.41. The van der Waals surface area contributed by atoms with Crippen LogP contribution >= 0.6 is 15.9 Å². The highest BCUT2D eigenvalue weighted by Gasteiger charge is 2.37. The normalized spacial score (nSPS) is 17.0. The van der Waals surface area contributed by atoms with E-state index in [1.807, 2.05) is 0 Å². The van der Waals surface area contributed by atoms with E-state index in [1.54, 1.807) is 23.2 Å². The number of piperazine rings is 1. The van der Waals surface area contributed by atoms with E-state index in [1.165, 1.54) is 28.3 Å². The second-order valence-corrected chi connectivity index (χ2v) is 8.55. The SMILES string of the molecule is Fc1ccc(Br)cc1/C=N/N1CC[NH+](C2c3ccccc3-c3ccccc32)CC1. The van der Waals surface area contributed by atoms with Crippen LogP contribution in [0.1, 0.15) is 22.7 Å². The van der Waals surface area contributed by atoms with Gasteiger partial charge in [-0.15, -0.1) is 0 Å². The standard InChI is InChI=1S/C24H21BrFN3/c25-18-9-10-23(26)17(15-18)16-27-29-13-11-28(12-14-29)24-21-7-3-1-5-19(21)20-6-2-4-8-22(20)24/h1-10,15-16,24H,11-14H2/p+1/b27-16+. The first-order valence-electron chi connectivity index (χ1n) is 9.97. The predicted molar refractivity (Wildman–Crippen MR) is 118 cm³/mol. The molecule has 0 radical (unpaired) electrons. The van der Waals surface area contributed by atoms with Gasteiger partial charge in [0.05, 0.1) is 32.4 Å². The molecule has 1 N–H and O–H groups in total. The van der Waals surface area contributed by atoms with E-state index >= 15 is 0 Å². The van der Waals surface area contributed by atoms with Crippen LogP contribution in [0.5, 0.6) is 0 Å². The molecule has 0 spiro atoms. The fourth-order valence-corrected chi connectivity index (χ4v) is 4.92. The van der Waals surface area contributed by atoms with Crippen LogP contribution in [0.3, 0.4) is 0 Å². The van der Waals surface area contributed by atoms with Gasteiger partial charge in [-0.1, -0.05) is 64.5 Å². The second-order valence-electron chi connectivity index (χ2n) is 7.63. The van der Waals surface area contributed by atoms with Crippen molar-refractivity contribution in [2.75, 3.05) is 26.2 Å². The summed E-state index contributed by atoms with van der Waals surface area (Å²) in [6.07, 6.45) is 1.63. The lowest BCUT2D eigenvalue weighted by Gasteiger charge is -2.34. The van der Waals surface area contributed by atoms with Crippen molar-refractivity contribution in [1.82, 2.24) is 5.01 Å². The van der Waals surface area contributed by atoms with E-state index < -0.39 is 0 Å². The van der Waals surface area contributed by atoms with Gasteiger partial charge in [0.2, 0.25) is 0 Å². The summed E-state index contributed by atoms with van der Waals surface area (Å²) < 4.78 is 14.8. The lowest BCUT2D eigenvalue weighted by atomic mass is 10.0. The van der Waals surface area contributed by atoms with Gasteiger partial charge in [-0.3, -0.25) is 5.01 Å². The molecule has 1 fully saturated rings. The van der Waals surface area contributed by atoms with Crippen molar-refractivity contribution < 1.29 is 9.29 Å². The minimum absolute atomic E-state index is 0.250. The molecule has 0 bridgehead atoms. The first kappa shape index (κ1) is 18.5. The van der Waals surface area contributed by atoms with Gasteiger partial charge in [0.15, 0.2) is 0 Å². The van der Waals surface area contributed by atoms with Crippen LogP contribution in [0.4, 0.5) is 4.39 Å². The first-order chi connectivity index (χ1) is 14.2. The monoisotopic (exact) mass is 450 g/mol. The maximum Gasteiger partial charge on any atom is 0.140 e. The van der Waals surface area contributed by atoms with E-state index in [2.05, 4.69) is 74.6 Å². The molecule has 3 nitrogen and oxygen atoms in total. The second kappa shape index (κ2) is 7.73. The zero-order valence-corrected chi connectivity index (χ0v) is 17.6. The van der Waals surface area contributed by atoms with Crippen LogP contribution < -0.4 is 4.90 Å². The Morgan fingerprint density at radius 2 is 1.55 bits per heavy atom. The molecular weight excluding hydrogens is 429 g/mol. The first-order valence-corrected chi connectivity index (χ1v) is 10.8. The Morgan fingerprint density at radius 1 is 0.931 bits per heavy atom. The number of hydrazone groups is 1. The number of halogens is 2. The zero-order valence-electron chi connectivity index (χ0n) is 16.0. The van der Waals surface area contributed by atoms with Crippen LogP contribution in [0.15, 0.2) is 76.3 Å². The van der Waals surface area contributed by atoms with E-state index in [9.17, 15) is 4.39 Å². The number of benzene rings is 3. The Morgan fingerprint density at radius 3 is 2.21 bits per heavy atom. The molecule has 1 aliphatic heterocycles. The van der Waals surface area contributed by atoms with E-state index in [0.29, 0.717) is 11.6 Å². The van der Waals surface area contributed by atoms with Gasteiger partial charge in [0.25, 0.3) is 0 Å². The summed E-state index contributed by atoms with van der Waals surface area (Å²) in [4.78, 5) is 1.57. The van der Waals surface area contributed by atoms with Crippen molar-refractivity contribution in [2.24, 2.45) is 5.10 Å². The van der Waals surface area contributed by atoms with Crippen LogP contribution in [-0.4, -0.2) is 37.4 Å². The summed E-state index contributed by atoms with van der Waals surface area (Å²) in [7, 11) is 0. The lowest BCUT2D eigenvalue weighted by Crippen LogP contribution is -3.14. The molecule has 1 saturated heterocycles. The molecule has 0 amide bonds. The molecule has 1 heterocycles. The molecule has 0 aromatic heterocycles. The minimum Gasteiger partial charge on any atom is -0.322 e. The zero-order chi connectivity index (χ0) is 19.8. The molecule has 1 aliphatic carbocycles. The maximum atomic E-state index is 13.9. The molecule has 3 aromatic carbocycles. The minimum atomic E-state index is -0.250. The quantitative estimate of drug-likeness (QED) is 0.600. The van der Waals surface area contributed by atoms with Crippen molar-refractivity contribution in [3.05, 3.63) is 93.7 Å². The molecule has 5 heteroatoms. The van der Waals surface area contributed by atoms with Crippen LogP contribution in [0, 0.1) is 5.82 Å². The highest BCUT2D eigenvalue weighted by atomic mass is 79.9. The largest absolute Gasteiger partial charge is 0.322 e. The van der Waals surface area contributed by atoms with Crippen LogP contribution in [-0.2, 0) is 0 Å². The summed E-state index contributed by atoms with van der Waals surface area (Å²) in [5.41, 5.74) is 6.10. The number of nitrogens with zero attached hydrogens (tertiary/aromatic N) is 2. The Bertz CT molecular complexity index is 1030. The third-order valence-electron chi connectivity index (χ3n) is 5.94. The van der Waals surface area contributed by atoms with Crippen LogP contribution in [0.2, 0.25) is 0 Å². The van der Waals surface area contributed by atoms with Gasteiger partial charge in [0.1, 0.15) is 11.9 Å². The number of hydrogen-bond acceptors (Lipinski definition) is 2. The van der Waals surface area contributed by atoms with E-state index in [-0.39, 0.29) is 5.82 Å². The summed E-state index contributed by atoms with van der Waals surface area (Å²) in [5.74, 6) is -0.250. The van der Waals surface area contributed by atoms with Crippen LogP contribution in [0.25, 0.3) is 11.1 Å². The smallest absolute Gasteiger partial charge is 0.140 e. The Balaban J connectivity index is 1.32. The van der Waals surface area contributed by atoms with Gasteiger partial charge in [-0.05, 0) is 29.3 Å². The highest BCUT2D eigenvalue weighted by molar-refractivity contribution is 9.10. The van der Waals surface area contributed by atoms with Gasteiger partial charge in [-0.25, -0.2) is 4.39 Å². The number of hydrogen-bond donors (Lipinski definition) is 1. The Hall–Kier alpha value is -2.50. The molecular formula is C24H22BrFN3+. The van der Waals surface area contributed by atoms with Crippen molar-refractivity contribution in [3.63, 3.8) is 0 Å². The molecule has 2 aliphatic rings. The molecule has 3 aromatic rings. The fourth-order valence-electron chi connectivity index (χ4n) is 4.54. The molecule has 0 atom stereocenters. The van der Waals surface area contributed by atoms with Gasteiger partial charge in [0, 0.05) is 21.2 Å². The van der Waals surface area contributed by atoms with Gasteiger partial charge < -0.3 is 4.90 Å². The summed E-state index contributed by atoms with van der Waals surface area (Å²) in [6.45, 7) is 3.74. The average molecular weight is 451 g/mol. The number of fused-ring (bicyclic) bond motifs is 3. The van der Waals surface area contributed by atoms with Gasteiger partial charge >= 0.3 is 0 Å². The third-order valence-corrected chi connectivity index (χ3v) is 6.44. The van der Waals surface area contributed by atoms with Crippen molar-refractivity contribution in [2.45, 2.75) is 6.04 Å². The maximum absolute atomic E-state index is 13.9. The van der Waals surface area contributed by atoms with Gasteiger partial charge in [-0.2, -0.15) is 5.10 Å². The Labute approximate surface area is 178 Å². The predicted octanol–water partition coefficient (Wildman–Crippen LogP) is 3.89. The number of quaternary nitrogens is 1. The topological polar surface area (TPSA) is 20.0 Å². The number of rotatable bonds is 3. The lowest BCUT2D eigenvalue weighted by molar-refractivity contribution is -0.929. The average Bonchev–Trinajstić information content (AvgIpc) is 3.09. The molecule has 0 unspecified atom stereocenters. The summed E-state index contributed by atoms with van der Waals surface area (Å²) >= 11 is 3.39. The molecule has 0 saturated carbocycles.